The van der Waals surface area contributed by atoms with Crippen molar-refractivity contribution in [1.29, 1.82) is 0 Å². The van der Waals surface area contributed by atoms with Crippen LogP contribution in [-0.2, 0) is 4.74 Å². The fourth-order valence-corrected chi connectivity index (χ4v) is 1.78. The molecule has 1 atom stereocenters. The number of hydrogen-bond donors (Lipinski definition) is 0. The van der Waals surface area contributed by atoms with E-state index in [-0.39, 0.29) is 0 Å². The van der Waals surface area contributed by atoms with E-state index in [4.69, 9.17) is 4.74 Å². The molecule has 1 rings (SSSR count). The van der Waals surface area contributed by atoms with Gasteiger partial charge in [0.05, 0.1) is 13.2 Å². The highest BCUT2D eigenvalue weighted by atomic mass is 16.5. The van der Waals surface area contributed by atoms with Gasteiger partial charge in [0.25, 0.3) is 0 Å². The van der Waals surface area contributed by atoms with Crippen molar-refractivity contribution < 1.29 is 4.74 Å². The molecule has 0 saturated carbocycles. The molecule has 0 aliphatic carbocycles. The van der Waals surface area contributed by atoms with Gasteiger partial charge in [0.1, 0.15) is 0 Å². The van der Waals surface area contributed by atoms with E-state index in [9.17, 15) is 0 Å². The predicted molar refractivity (Wildman–Crippen MR) is 60.4 cm³/mol. The van der Waals surface area contributed by atoms with Crippen molar-refractivity contribution in [2.45, 2.75) is 33.2 Å². The summed E-state index contributed by atoms with van der Waals surface area (Å²) in [5.41, 5.74) is 0. The number of allylic oxidation sites excluding steroid dienone is 1. The first kappa shape index (κ1) is 11.7. The lowest BCUT2D eigenvalue weighted by Gasteiger charge is -2.32. The van der Waals surface area contributed by atoms with E-state index in [2.05, 4.69) is 37.8 Å². The van der Waals surface area contributed by atoms with E-state index < -0.39 is 0 Å². The van der Waals surface area contributed by atoms with Gasteiger partial charge in [0.15, 0.2) is 0 Å². The van der Waals surface area contributed by atoms with Crippen LogP contribution in [0.2, 0.25) is 0 Å². The molecule has 0 bridgehead atoms. The molecule has 1 aliphatic rings. The molecular weight excluding hydrogens is 174 g/mol. The van der Waals surface area contributed by atoms with Gasteiger partial charge in [-0.15, -0.1) is 0 Å². The highest BCUT2D eigenvalue weighted by molar-refractivity contribution is 4.95. The van der Waals surface area contributed by atoms with E-state index >= 15 is 0 Å². The molecule has 1 fully saturated rings. The minimum atomic E-state index is 0.612. The number of morpholine rings is 1. The maximum absolute atomic E-state index is 5.35. The Bertz CT molecular complexity index is 171. The van der Waals surface area contributed by atoms with Crippen LogP contribution in [0.3, 0.4) is 0 Å². The Morgan fingerprint density at radius 1 is 1.21 bits per heavy atom. The van der Waals surface area contributed by atoms with Crippen LogP contribution in [-0.4, -0.2) is 37.2 Å². The average molecular weight is 197 g/mol. The van der Waals surface area contributed by atoms with Crippen LogP contribution in [0.5, 0.6) is 0 Å². The summed E-state index contributed by atoms with van der Waals surface area (Å²) in [5, 5.41) is 0. The fraction of sp³-hybridized carbons (Fsp3) is 0.833. The first-order valence-corrected chi connectivity index (χ1v) is 5.74. The summed E-state index contributed by atoms with van der Waals surface area (Å²) in [6, 6.07) is 0.612. The van der Waals surface area contributed by atoms with Crippen LogP contribution in [0.15, 0.2) is 12.2 Å². The summed E-state index contributed by atoms with van der Waals surface area (Å²) < 4.78 is 5.35. The second-order valence-electron chi connectivity index (χ2n) is 4.25. The Kier molecular flexibility index (Phi) is 5.20. The topological polar surface area (TPSA) is 12.5 Å². The van der Waals surface area contributed by atoms with Gasteiger partial charge in [-0.1, -0.05) is 32.9 Å². The molecule has 14 heavy (non-hydrogen) atoms. The van der Waals surface area contributed by atoms with E-state index in [1.54, 1.807) is 0 Å². The van der Waals surface area contributed by atoms with Crippen LogP contribution in [0, 0.1) is 5.92 Å². The Hall–Kier alpha value is -0.340. The molecule has 1 aliphatic heterocycles. The lowest BCUT2D eigenvalue weighted by atomic mass is 10.1. The molecule has 0 aromatic carbocycles. The lowest BCUT2D eigenvalue weighted by Crippen LogP contribution is -2.42. The molecule has 2 heteroatoms. The van der Waals surface area contributed by atoms with Crippen molar-refractivity contribution in [3.8, 4) is 0 Å². The zero-order valence-electron chi connectivity index (χ0n) is 9.70. The average Bonchev–Trinajstić information content (AvgIpc) is 2.20. The zero-order valence-corrected chi connectivity index (χ0v) is 9.70. The number of ether oxygens (including phenoxy) is 1. The Morgan fingerprint density at radius 2 is 1.86 bits per heavy atom. The van der Waals surface area contributed by atoms with Crippen LogP contribution in [0.4, 0.5) is 0 Å². The smallest absolute Gasteiger partial charge is 0.0594 e. The predicted octanol–water partition coefficient (Wildman–Crippen LogP) is 2.31. The van der Waals surface area contributed by atoms with Crippen molar-refractivity contribution >= 4 is 0 Å². The minimum absolute atomic E-state index is 0.612. The molecule has 82 valence electrons. The van der Waals surface area contributed by atoms with Gasteiger partial charge in [0, 0.05) is 19.1 Å². The summed E-state index contributed by atoms with van der Waals surface area (Å²) in [6.45, 7) is 10.7. The van der Waals surface area contributed by atoms with Crippen LogP contribution in [0.1, 0.15) is 27.2 Å². The van der Waals surface area contributed by atoms with Gasteiger partial charge in [0.2, 0.25) is 0 Å². The summed E-state index contributed by atoms with van der Waals surface area (Å²) in [5.74, 6) is 0.657. The Morgan fingerprint density at radius 3 is 2.36 bits per heavy atom. The summed E-state index contributed by atoms with van der Waals surface area (Å²) in [7, 11) is 0. The van der Waals surface area contributed by atoms with Gasteiger partial charge in [-0.2, -0.15) is 0 Å². The highest BCUT2D eigenvalue weighted by Gasteiger charge is 2.16. The third-order valence-electron chi connectivity index (χ3n) is 2.65. The third-order valence-corrected chi connectivity index (χ3v) is 2.65. The van der Waals surface area contributed by atoms with Crippen molar-refractivity contribution in [1.82, 2.24) is 4.90 Å². The quantitative estimate of drug-likeness (QED) is 0.641. The molecule has 2 nitrogen and oxygen atoms in total. The zero-order chi connectivity index (χ0) is 10.4. The number of nitrogens with zero attached hydrogens (tertiary/aromatic N) is 1. The highest BCUT2D eigenvalue weighted by Crippen LogP contribution is 2.10. The third kappa shape index (κ3) is 3.81. The van der Waals surface area contributed by atoms with Crippen LogP contribution in [0.25, 0.3) is 0 Å². The van der Waals surface area contributed by atoms with Gasteiger partial charge in [-0.3, -0.25) is 4.90 Å². The molecule has 0 amide bonds. The SMILES string of the molecule is CCC(C=CC(C)C)N1CCOCC1. The van der Waals surface area contributed by atoms with E-state index in [1.165, 1.54) is 6.42 Å². The largest absolute Gasteiger partial charge is 0.379 e. The molecule has 0 N–H and O–H groups in total. The summed E-state index contributed by atoms with van der Waals surface area (Å²) in [6.07, 6.45) is 5.86. The van der Waals surface area contributed by atoms with Crippen molar-refractivity contribution in [3.63, 3.8) is 0 Å². The normalized spacial score (nSPS) is 22.0. The first-order valence-electron chi connectivity index (χ1n) is 5.74. The maximum atomic E-state index is 5.35. The van der Waals surface area contributed by atoms with Crippen molar-refractivity contribution in [2.24, 2.45) is 5.92 Å². The second kappa shape index (κ2) is 6.20. The molecule has 1 heterocycles. The van der Waals surface area contributed by atoms with Crippen LogP contribution < -0.4 is 0 Å². The molecule has 0 aromatic heterocycles. The molecule has 1 unspecified atom stereocenters. The summed E-state index contributed by atoms with van der Waals surface area (Å²) >= 11 is 0. The number of rotatable bonds is 4. The van der Waals surface area contributed by atoms with Gasteiger partial charge in [-0.25, -0.2) is 0 Å². The van der Waals surface area contributed by atoms with E-state index in [0.29, 0.717) is 12.0 Å². The number of hydrogen-bond acceptors (Lipinski definition) is 2. The fourth-order valence-electron chi connectivity index (χ4n) is 1.78. The van der Waals surface area contributed by atoms with E-state index in [1.807, 2.05) is 0 Å². The van der Waals surface area contributed by atoms with Gasteiger partial charge in [-0.05, 0) is 12.3 Å². The Balaban J connectivity index is 2.43. The van der Waals surface area contributed by atoms with E-state index in [0.717, 1.165) is 26.3 Å². The maximum Gasteiger partial charge on any atom is 0.0594 e. The Labute approximate surface area is 87.9 Å². The molecule has 0 spiro atoms. The summed E-state index contributed by atoms with van der Waals surface area (Å²) in [4.78, 5) is 2.52. The second-order valence-corrected chi connectivity index (χ2v) is 4.25. The van der Waals surface area contributed by atoms with Gasteiger partial charge >= 0.3 is 0 Å². The minimum Gasteiger partial charge on any atom is -0.379 e. The molecule has 1 saturated heterocycles. The van der Waals surface area contributed by atoms with Gasteiger partial charge < -0.3 is 4.74 Å². The van der Waals surface area contributed by atoms with Crippen molar-refractivity contribution in [2.75, 3.05) is 26.3 Å². The molecular formula is C12H23NO. The molecule has 0 aromatic rings. The monoisotopic (exact) mass is 197 g/mol. The first-order chi connectivity index (χ1) is 6.74. The lowest BCUT2D eigenvalue weighted by molar-refractivity contribution is 0.0249. The van der Waals surface area contributed by atoms with Crippen molar-refractivity contribution in [3.05, 3.63) is 12.2 Å². The standard InChI is InChI=1S/C12H23NO/c1-4-12(6-5-11(2)3)13-7-9-14-10-8-13/h5-6,11-12H,4,7-10H2,1-3H3. The molecule has 0 radical (unpaired) electrons. The van der Waals surface area contributed by atoms with Crippen LogP contribution >= 0.6 is 0 Å².